The molecule has 96 valence electrons. The highest BCUT2D eigenvalue weighted by Gasteiger charge is 2.04. The van der Waals surface area contributed by atoms with Gasteiger partial charge in [-0.15, -0.1) is 11.6 Å². The molecule has 0 aliphatic heterocycles. The van der Waals surface area contributed by atoms with Crippen LogP contribution in [-0.2, 0) is 9.53 Å². The number of unbranched alkanes of at least 4 members (excludes halogenated alkanes) is 5. The Kier molecular flexibility index (Phi) is 11.1. The van der Waals surface area contributed by atoms with Gasteiger partial charge in [-0.05, 0) is 19.8 Å². The van der Waals surface area contributed by atoms with Crippen molar-refractivity contribution in [1.29, 1.82) is 0 Å². The second-order valence-corrected chi connectivity index (χ2v) is 5.05. The molecule has 0 rings (SSSR count). The van der Waals surface area contributed by atoms with E-state index < -0.39 is 0 Å². The molecule has 0 fully saturated rings. The predicted octanol–water partition coefficient (Wildman–Crippen LogP) is 4.30. The third kappa shape index (κ3) is 11.8. The molecule has 3 heteroatoms. The molecule has 1 atom stereocenters. The molecule has 0 radical (unpaired) electrons. The summed E-state index contributed by atoms with van der Waals surface area (Å²) >= 11 is 5.75. The molecule has 0 heterocycles. The Morgan fingerprint density at radius 3 is 2.44 bits per heavy atom. The Hall–Kier alpha value is -0.240. The van der Waals surface area contributed by atoms with Crippen LogP contribution < -0.4 is 0 Å². The first kappa shape index (κ1) is 15.8. The molecule has 16 heavy (non-hydrogen) atoms. The van der Waals surface area contributed by atoms with Crippen LogP contribution in [0, 0.1) is 0 Å². The van der Waals surface area contributed by atoms with Gasteiger partial charge in [0.25, 0.3) is 0 Å². The van der Waals surface area contributed by atoms with Crippen LogP contribution in [0.2, 0.25) is 0 Å². The third-order valence-corrected chi connectivity index (χ3v) is 2.73. The van der Waals surface area contributed by atoms with Crippen molar-refractivity contribution >= 4 is 17.6 Å². The molecule has 0 N–H and O–H groups in total. The lowest BCUT2D eigenvalue weighted by Gasteiger charge is -2.05. The number of rotatable bonds is 10. The van der Waals surface area contributed by atoms with Crippen LogP contribution in [-0.4, -0.2) is 18.0 Å². The van der Waals surface area contributed by atoms with Crippen molar-refractivity contribution in [1.82, 2.24) is 0 Å². The average molecular weight is 249 g/mol. The lowest BCUT2D eigenvalue weighted by molar-refractivity contribution is -0.143. The van der Waals surface area contributed by atoms with Crippen LogP contribution in [0.1, 0.15) is 65.2 Å². The summed E-state index contributed by atoms with van der Waals surface area (Å²) in [4.78, 5) is 11.2. The van der Waals surface area contributed by atoms with E-state index in [0.717, 1.165) is 6.42 Å². The lowest BCUT2D eigenvalue weighted by Crippen LogP contribution is -2.07. The van der Waals surface area contributed by atoms with Crippen molar-refractivity contribution in [2.24, 2.45) is 0 Å². The molecular weight excluding hydrogens is 224 g/mol. The van der Waals surface area contributed by atoms with E-state index in [2.05, 4.69) is 6.92 Å². The van der Waals surface area contributed by atoms with E-state index in [1.165, 1.54) is 32.1 Å². The highest BCUT2D eigenvalue weighted by Crippen LogP contribution is 2.07. The standard InChI is InChI=1S/C13H25ClO2/c1-3-4-5-6-7-8-11-16-13(15)10-9-12(2)14/h12H,3-11H2,1-2H3. The summed E-state index contributed by atoms with van der Waals surface area (Å²) < 4.78 is 5.10. The monoisotopic (exact) mass is 248 g/mol. The van der Waals surface area contributed by atoms with Gasteiger partial charge in [0, 0.05) is 11.8 Å². The SMILES string of the molecule is CCCCCCCCOC(=O)CCC(C)Cl. The molecule has 0 amide bonds. The van der Waals surface area contributed by atoms with E-state index in [1.807, 2.05) is 6.92 Å². The number of esters is 1. The van der Waals surface area contributed by atoms with Gasteiger partial charge in [0.1, 0.15) is 0 Å². The predicted molar refractivity (Wildman–Crippen MR) is 68.9 cm³/mol. The maximum atomic E-state index is 11.2. The number of hydrogen-bond acceptors (Lipinski definition) is 2. The number of halogens is 1. The minimum Gasteiger partial charge on any atom is -0.466 e. The van der Waals surface area contributed by atoms with Gasteiger partial charge in [-0.1, -0.05) is 39.0 Å². The van der Waals surface area contributed by atoms with Gasteiger partial charge >= 0.3 is 5.97 Å². The Morgan fingerprint density at radius 1 is 1.19 bits per heavy atom. The summed E-state index contributed by atoms with van der Waals surface area (Å²) in [7, 11) is 0. The van der Waals surface area contributed by atoms with Gasteiger partial charge in [-0.3, -0.25) is 4.79 Å². The summed E-state index contributed by atoms with van der Waals surface area (Å²) in [5, 5.41) is 0.0570. The van der Waals surface area contributed by atoms with Gasteiger partial charge < -0.3 is 4.74 Å². The summed E-state index contributed by atoms with van der Waals surface area (Å²) in [6.45, 7) is 4.67. The van der Waals surface area contributed by atoms with Crippen molar-refractivity contribution < 1.29 is 9.53 Å². The highest BCUT2D eigenvalue weighted by molar-refractivity contribution is 6.20. The molecule has 0 aliphatic rings. The minimum absolute atomic E-state index is 0.0570. The van der Waals surface area contributed by atoms with Crippen molar-refractivity contribution in [3.05, 3.63) is 0 Å². The van der Waals surface area contributed by atoms with E-state index in [0.29, 0.717) is 19.4 Å². The fourth-order valence-corrected chi connectivity index (χ4v) is 1.57. The molecule has 1 unspecified atom stereocenters. The van der Waals surface area contributed by atoms with Gasteiger partial charge in [0.2, 0.25) is 0 Å². The van der Waals surface area contributed by atoms with Gasteiger partial charge in [-0.2, -0.15) is 0 Å². The summed E-state index contributed by atoms with van der Waals surface area (Å²) in [6.07, 6.45) is 8.44. The molecule has 2 nitrogen and oxygen atoms in total. The first-order valence-corrected chi connectivity index (χ1v) is 6.90. The van der Waals surface area contributed by atoms with Gasteiger partial charge in [0.15, 0.2) is 0 Å². The molecule has 0 spiro atoms. The zero-order valence-corrected chi connectivity index (χ0v) is 11.4. The number of hydrogen-bond donors (Lipinski definition) is 0. The second kappa shape index (κ2) is 11.3. The Morgan fingerprint density at radius 2 is 1.81 bits per heavy atom. The van der Waals surface area contributed by atoms with Crippen molar-refractivity contribution in [3.63, 3.8) is 0 Å². The van der Waals surface area contributed by atoms with Crippen LogP contribution >= 0.6 is 11.6 Å². The Balaban J connectivity index is 3.15. The van der Waals surface area contributed by atoms with Crippen molar-refractivity contribution in [2.75, 3.05) is 6.61 Å². The normalized spacial score (nSPS) is 12.4. The molecule has 0 aromatic heterocycles. The number of alkyl halides is 1. The van der Waals surface area contributed by atoms with Gasteiger partial charge in [0.05, 0.1) is 6.61 Å². The second-order valence-electron chi connectivity index (χ2n) is 4.31. The average Bonchev–Trinajstić information content (AvgIpc) is 2.25. The van der Waals surface area contributed by atoms with E-state index >= 15 is 0 Å². The zero-order chi connectivity index (χ0) is 12.2. The van der Waals surface area contributed by atoms with Crippen molar-refractivity contribution in [3.8, 4) is 0 Å². The fraction of sp³-hybridized carbons (Fsp3) is 0.923. The molecule has 0 aliphatic carbocycles. The number of carbonyl (C=O) groups excluding carboxylic acids is 1. The number of carbonyl (C=O) groups is 1. The smallest absolute Gasteiger partial charge is 0.305 e. The first-order chi connectivity index (χ1) is 7.66. The van der Waals surface area contributed by atoms with E-state index in [4.69, 9.17) is 16.3 Å². The van der Waals surface area contributed by atoms with Crippen LogP contribution in [0.15, 0.2) is 0 Å². The molecule has 0 saturated carbocycles. The van der Waals surface area contributed by atoms with Crippen LogP contribution in [0.25, 0.3) is 0 Å². The van der Waals surface area contributed by atoms with E-state index in [1.54, 1.807) is 0 Å². The molecule has 0 aromatic carbocycles. The maximum Gasteiger partial charge on any atom is 0.305 e. The minimum atomic E-state index is -0.110. The van der Waals surface area contributed by atoms with Crippen LogP contribution in [0.3, 0.4) is 0 Å². The first-order valence-electron chi connectivity index (χ1n) is 6.46. The third-order valence-electron chi connectivity index (χ3n) is 2.51. The Labute approximate surface area is 105 Å². The summed E-state index contributed by atoms with van der Waals surface area (Å²) in [6, 6.07) is 0. The van der Waals surface area contributed by atoms with Gasteiger partial charge in [-0.25, -0.2) is 0 Å². The molecule has 0 bridgehead atoms. The van der Waals surface area contributed by atoms with E-state index in [-0.39, 0.29) is 11.3 Å². The zero-order valence-electron chi connectivity index (χ0n) is 10.6. The Bertz CT molecular complexity index is 169. The summed E-state index contributed by atoms with van der Waals surface area (Å²) in [5.74, 6) is -0.110. The maximum absolute atomic E-state index is 11.2. The highest BCUT2D eigenvalue weighted by atomic mass is 35.5. The summed E-state index contributed by atoms with van der Waals surface area (Å²) in [5.41, 5.74) is 0. The quantitative estimate of drug-likeness (QED) is 0.327. The van der Waals surface area contributed by atoms with E-state index in [9.17, 15) is 4.79 Å². The largest absolute Gasteiger partial charge is 0.466 e. The fourth-order valence-electron chi connectivity index (χ4n) is 1.46. The molecular formula is C13H25ClO2. The number of ether oxygens (including phenoxy) is 1. The topological polar surface area (TPSA) is 26.3 Å². The molecule has 0 aromatic rings. The molecule has 0 saturated heterocycles. The lowest BCUT2D eigenvalue weighted by atomic mass is 10.1. The van der Waals surface area contributed by atoms with Crippen LogP contribution in [0.5, 0.6) is 0 Å². The van der Waals surface area contributed by atoms with Crippen LogP contribution in [0.4, 0.5) is 0 Å². The van der Waals surface area contributed by atoms with Crippen molar-refractivity contribution in [2.45, 2.75) is 70.6 Å².